The highest BCUT2D eigenvalue weighted by Crippen LogP contribution is 2.36. The molecule has 0 aliphatic heterocycles. The maximum atomic E-state index is 12.6. The van der Waals surface area contributed by atoms with E-state index in [-0.39, 0.29) is 11.8 Å². The van der Waals surface area contributed by atoms with Crippen LogP contribution < -0.4 is 0 Å². The summed E-state index contributed by atoms with van der Waals surface area (Å²) in [5.41, 5.74) is -3.03. The number of rotatable bonds is 1. The SMILES string of the molecule is FC(F)(F)c1cc(-n2cccn2)cc(C(F)(F)F)c1. The molecule has 0 amide bonds. The third-order valence-electron chi connectivity index (χ3n) is 2.34. The zero-order valence-electron chi connectivity index (χ0n) is 9.13. The minimum absolute atomic E-state index is 0.0764. The maximum Gasteiger partial charge on any atom is 0.416 e. The first-order valence-electron chi connectivity index (χ1n) is 4.97. The molecule has 0 bridgehead atoms. The van der Waals surface area contributed by atoms with Crippen LogP contribution in [0.25, 0.3) is 5.69 Å². The van der Waals surface area contributed by atoms with Crippen LogP contribution >= 0.6 is 0 Å². The number of alkyl halides is 6. The minimum Gasteiger partial charge on any atom is -0.241 e. The molecule has 0 spiro atoms. The predicted molar refractivity (Wildman–Crippen MR) is 53.6 cm³/mol. The van der Waals surface area contributed by atoms with Crippen LogP contribution in [0, 0.1) is 0 Å². The van der Waals surface area contributed by atoms with Gasteiger partial charge in [0.1, 0.15) is 0 Å². The fraction of sp³-hybridized carbons (Fsp3) is 0.182. The summed E-state index contributed by atoms with van der Waals surface area (Å²) in [4.78, 5) is 0. The molecule has 1 heterocycles. The van der Waals surface area contributed by atoms with E-state index in [9.17, 15) is 26.3 Å². The van der Waals surface area contributed by atoms with Crippen molar-refractivity contribution < 1.29 is 26.3 Å². The van der Waals surface area contributed by atoms with Crippen molar-refractivity contribution in [3.8, 4) is 5.69 Å². The van der Waals surface area contributed by atoms with Crippen molar-refractivity contribution >= 4 is 0 Å². The molecule has 1 aromatic carbocycles. The van der Waals surface area contributed by atoms with Crippen LogP contribution in [0.1, 0.15) is 11.1 Å². The molecule has 0 aliphatic carbocycles. The molecule has 0 unspecified atom stereocenters. The van der Waals surface area contributed by atoms with Crippen molar-refractivity contribution in [2.75, 3.05) is 0 Å². The smallest absolute Gasteiger partial charge is 0.241 e. The van der Waals surface area contributed by atoms with Gasteiger partial charge in [-0.25, -0.2) is 4.68 Å². The van der Waals surface area contributed by atoms with Gasteiger partial charge in [0.25, 0.3) is 0 Å². The van der Waals surface area contributed by atoms with Crippen LogP contribution in [0.2, 0.25) is 0 Å². The zero-order chi connectivity index (χ0) is 14.3. The molecule has 0 aliphatic rings. The summed E-state index contributed by atoms with van der Waals surface area (Å²) >= 11 is 0. The molecule has 0 radical (unpaired) electrons. The lowest BCUT2D eigenvalue weighted by molar-refractivity contribution is -0.143. The van der Waals surface area contributed by atoms with Crippen LogP contribution in [0.15, 0.2) is 36.7 Å². The highest BCUT2D eigenvalue weighted by molar-refractivity contribution is 5.42. The fourth-order valence-electron chi connectivity index (χ4n) is 1.49. The molecule has 2 nitrogen and oxygen atoms in total. The average Bonchev–Trinajstić information content (AvgIpc) is 2.79. The van der Waals surface area contributed by atoms with Crippen molar-refractivity contribution in [2.24, 2.45) is 0 Å². The third kappa shape index (κ3) is 2.88. The summed E-state index contributed by atoms with van der Waals surface area (Å²) in [5, 5.41) is 3.61. The normalized spacial score (nSPS) is 12.7. The standard InChI is InChI=1S/C11H6F6N2/c12-10(13,14)7-4-8(11(15,16)17)6-9(5-7)19-3-1-2-18-19/h1-6H. The van der Waals surface area contributed by atoms with Crippen LogP contribution in [-0.4, -0.2) is 9.78 Å². The van der Waals surface area contributed by atoms with Gasteiger partial charge in [-0.15, -0.1) is 0 Å². The molecule has 19 heavy (non-hydrogen) atoms. The second-order valence-corrected chi connectivity index (χ2v) is 3.71. The summed E-state index contributed by atoms with van der Waals surface area (Å²) in [5.74, 6) is 0. The lowest BCUT2D eigenvalue weighted by atomic mass is 10.1. The van der Waals surface area contributed by atoms with Crippen LogP contribution in [0.5, 0.6) is 0 Å². The largest absolute Gasteiger partial charge is 0.416 e. The minimum atomic E-state index is -4.86. The van der Waals surface area contributed by atoms with Gasteiger partial charge in [-0.05, 0) is 24.3 Å². The Kier molecular flexibility index (Phi) is 3.03. The first-order chi connectivity index (χ1) is 8.68. The van der Waals surface area contributed by atoms with Gasteiger partial charge < -0.3 is 0 Å². The summed E-state index contributed by atoms with van der Waals surface area (Å²) in [6.45, 7) is 0. The molecule has 2 rings (SSSR count). The van der Waals surface area contributed by atoms with Gasteiger partial charge in [0, 0.05) is 12.4 Å². The average molecular weight is 280 g/mol. The van der Waals surface area contributed by atoms with Gasteiger partial charge in [0.15, 0.2) is 0 Å². The first kappa shape index (κ1) is 13.4. The molecule has 0 N–H and O–H groups in total. The van der Waals surface area contributed by atoms with E-state index in [1.807, 2.05) is 0 Å². The number of hydrogen-bond donors (Lipinski definition) is 0. The molecule has 0 saturated carbocycles. The van der Waals surface area contributed by atoms with E-state index in [4.69, 9.17) is 0 Å². The molecule has 8 heteroatoms. The molecule has 2 aromatic rings. The van der Waals surface area contributed by atoms with E-state index in [1.165, 1.54) is 18.5 Å². The number of aromatic nitrogens is 2. The molecule has 0 fully saturated rings. The predicted octanol–water partition coefficient (Wildman–Crippen LogP) is 3.91. The Morgan fingerprint density at radius 1 is 0.842 bits per heavy atom. The fourth-order valence-corrected chi connectivity index (χ4v) is 1.49. The van der Waals surface area contributed by atoms with E-state index >= 15 is 0 Å². The summed E-state index contributed by atoms with van der Waals surface area (Å²) in [6.07, 6.45) is -7.20. The Hall–Kier alpha value is -1.99. The Morgan fingerprint density at radius 2 is 1.37 bits per heavy atom. The third-order valence-corrected chi connectivity index (χ3v) is 2.34. The van der Waals surface area contributed by atoms with Gasteiger partial charge in [0.05, 0.1) is 16.8 Å². The van der Waals surface area contributed by atoms with Gasteiger partial charge >= 0.3 is 12.4 Å². The van der Waals surface area contributed by atoms with Crippen LogP contribution in [0.4, 0.5) is 26.3 Å². The van der Waals surface area contributed by atoms with Gasteiger partial charge in [-0.1, -0.05) is 0 Å². The molecule has 0 saturated heterocycles. The van der Waals surface area contributed by atoms with Crippen molar-refractivity contribution in [2.45, 2.75) is 12.4 Å². The zero-order valence-corrected chi connectivity index (χ0v) is 9.13. The van der Waals surface area contributed by atoms with E-state index in [1.54, 1.807) is 0 Å². The first-order valence-corrected chi connectivity index (χ1v) is 4.97. The summed E-state index contributed by atoms with van der Waals surface area (Å²) in [6, 6.07) is 2.70. The number of nitrogens with zero attached hydrogens (tertiary/aromatic N) is 2. The Balaban J connectivity index is 2.62. The van der Waals surface area contributed by atoms with Crippen molar-refractivity contribution in [3.05, 3.63) is 47.8 Å². The Bertz CT molecular complexity index is 536. The van der Waals surface area contributed by atoms with Crippen molar-refractivity contribution in [3.63, 3.8) is 0 Å². The van der Waals surface area contributed by atoms with Gasteiger partial charge in [-0.2, -0.15) is 31.4 Å². The van der Waals surface area contributed by atoms with Crippen LogP contribution in [0.3, 0.4) is 0 Å². The van der Waals surface area contributed by atoms with E-state index < -0.39 is 23.5 Å². The lowest BCUT2D eigenvalue weighted by Gasteiger charge is -2.14. The number of hydrogen-bond acceptors (Lipinski definition) is 1. The maximum absolute atomic E-state index is 12.6. The second-order valence-electron chi connectivity index (χ2n) is 3.71. The van der Waals surface area contributed by atoms with E-state index in [0.717, 1.165) is 4.68 Å². The molecule has 1 aromatic heterocycles. The van der Waals surface area contributed by atoms with Gasteiger partial charge in [0.2, 0.25) is 0 Å². The Morgan fingerprint density at radius 3 is 1.74 bits per heavy atom. The van der Waals surface area contributed by atoms with E-state index in [2.05, 4.69) is 5.10 Å². The summed E-state index contributed by atoms with van der Waals surface area (Å²) in [7, 11) is 0. The monoisotopic (exact) mass is 280 g/mol. The molecule has 0 atom stereocenters. The lowest BCUT2D eigenvalue weighted by Crippen LogP contribution is -2.12. The topological polar surface area (TPSA) is 17.8 Å². The highest BCUT2D eigenvalue weighted by Gasteiger charge is 2.37. The van der Waals surface area contributed by atoms with E-state index in [0.29, 0.717) is 12.1 Å². The number of halogens is 6. The van der Waals surface area contributed by atoms with Gasteiger partial charge in [-0.3, -0.25) is 0 Å². The second kappa shape index (κ2) is 4.29. The molecular weight excluding hydrogens is 274 g/mol. The van der Waals surface area contributed by atoms with Crippen LogP contribution in [-0.2, 0) is 12.4 Å². The number of benzene rings is 1. The van der Waals surface area contributed by atoms with Crippen molar-refractivity contribution in [1.29, 1.82) is 0 Å². The molecular formula is C11H6F6N2. The Labute approximate surface area is 103 Å². The summed E-state index contributed by atoms with van der Waals surface area (Å²) < 4.78 is 76.4. The quantitative estimate of drug-likeness (QED) is 0.724. The molecule has 102 valence electrons. The highest BCUT2D eigenvalue weighted by atomic mass is 19.4. The van der Waals surface area contributed by atoms with Crippen molar-refractivity contribution in [1.82, 2.24) is 9.78 Å².